The monoisotopic (exact) mass is 326 g/mol. The smallest absolute Gasteiger partial charge is 0.266 e. The first kappa shape index (κ1) is 12.9. The number of thiophene rings is 1. The van der Waals surface area contributed by atoms with E-state index in [0.717, 1.165) is 4.47 Å². The molecule has 0 aliphatic heterocycles. The number of carbonyl (C=O) groups is 1. The summed E-state index contributed by atoms with van der Waals surface area (Å²) in [5.41, 5.74) is 2.64. The fourth-order valence-electron chi connectivity index (χ4n) is 1.24. The van der Waals surface area contributed by atoms with Crippen LogP contribution in [-0.2, 0) is 0 Å². The molecular weight excluding hydrogens is 319 g/mol. The quantitative estimate of drug-likeness (QED) is 0.681. The first-order valence-corrected chi connectivity index (χ1v) is 6.66. The number of hydrazone groups is 1. The van der Waals surface area contributed by atoms with Gasteiger partial charge in [-0.15, -0.1) is 11.3 Å². The van der Waals surface area contributed by atoms with E-state index in [9.17, 15) is 9.18 Å². The number of carbonyl (C=O) groups excluding carboxylic acids is 1. The Hall–Kier alpha value is -1.53. The minimum absolute atomic E-state index is 0.302. The average molecular weight is 327 g/mol. The van der Waals surface area contributed by atoms with Gasteiger partial charge in [-0.2, -0.15) is 5.10 Å². The Labute approximate surface area is 115 Å². The summed E-state index contributed by atoms with van der Waals surface area (Å²) in [6, 6.07) is 7.96. The number of nitrogens with one attached hydrogen (secondary N) is 1. The molecule has 6 heteroatoms. The molecule has 0 fully saturated rings. The van der Waals surface area contributed by atoms with Crippen molar-refractivity contribution in [2.45, 2.75) is 0 Å². The molecule has 2 rings (SSSR count). The molecule has 92 valence electrons. The minimum Gasteiger partial charge on any atom is -0.266 e. The number of amides is 1. The van der Waals surface area contributed by atoms with Gasteiger partial charge in [0.2, 0.25) is 0 Å². The van der Waals surface area contributed by atoms with Crippen LogP contribution in [0.15, 0.2) is 45.3 Å². The van der Waals surface area contributed by atoms with Crippen LogP contribution in [0, 0.1) is 5.82 Å². The predicted molar refractivity (Wildman–Crippen MR) is 73.5 cm³/mol. The van der Waals surface area contributed by atoms with Crippen molar-refractivity contribution in [2.75, 3.05) is 0 Å². The lowest BCUT2D eigenvalue weighted by atomic mass is 10.2. The first-order chi connectivity index (χ1) is 8.66. The largest absolute Gasteiger partial charge is 0.281 e. The Kier molecular flexibility index (Phi) is 4.22. The van der Waals surface area contributed by atoms with E-state index in [2.05, 4.69) is 26.5 Å². The summed E-state index contributed by atoms with van der Waals surface area (Å²) < 4.78 is 14.1. The minimum atomic E-state index is -0.396. The SMILES string of the molecule is O=C(N/N=C\c1cc(Br)ccc1F)c1cccs1. The zero-order chi connectivity index (χ0) is 13.0. The highest BCUT2D eigenvalue weighted by Crippen LogP contribution is 2.13. The number of benzene rings is 1. The van der Waals surface area contributed by atoms with Crippen molar-refractivity contribution in [3.63, 3.8) is 0 Å². The van der Waals surface area contributed by atoms with Crippen LogP contribution in [0.3, 0.4) is 0 Å². The normalized spacial score (nSPS) is 10.8. The van der Waals surface area contributed by atoms with E-state index in [1.54, 1.807) is 29.6 Å². The summed E-state index contributed by atoms with van der Waals surface area (Å²) in [4.78, 5) is 12.1. The highest BCUT2D eigenvalue weighted by Gasteiger charge is 2.04. The molecule has 0 spiro atoms. The molecule has 1 amide bonds. The maximum atomic E-state index is 13.3. The molecule has 0 saturated heterocycles. The molecule has 1 aromatic heterocycles. The van der Waals surface area contributed by atoms with Gasteiger partial charge in [0.1, 0.15) is 5.82 Å². The third-order valence-electron chi connectivity index (χ3n) is 2.07. The van der Waals surface area contributed by atoms with E-state index in [1.807, 2.05) is 0 Å². The second-order valence-corrected chi connectivity index (χ2v) is 5.21. The van der Waals surface area contributed by atoms with Gasteiger partial charge in [-0.25, -0.2) is 9.82 Å². The van der Waals surface area contributed by atoms with Crippen LogP contribution in [0.1, 0.15) is 15.2 Å². The highest BCUT2D eigenvalue weighted by atomic mass is 79.9. The number of halogens is 2. The first-order valence-electron chi connectivity index (χ1n) is 4.99. The summed E-state index contributed by atoms with van der Waals surface area (Å²) in [7, 11) is 0. The molecule has 0 unspecified atom stereocenters. The standard InChI is InChI=1S/C12H8BrFN2OS/c13-9-3-4-10(14)8(6-9)7-15-16-12(17)11-2-1-5-18-11/h1-7H,(H,16,17)/b15-7-. The number of hydrogen-bond donors (Lipinski definition) is 1. The van der Waals surface area contributed by atoms with E-state index < -0.39 is 5.82 Å². The van der Waals surface area contributed by atoms with Crippen molar-refractivity contribution < 1.29 is 9.18 Å². The van der Waals surface area contributed by atoms with Crippen molar-refractivity contribution in [3.05, 3.63) is 56.4 Å². The highest BCUT2D eigenvalue weighted by molar-refractivity contribution is 9.10. The second kappa shape index (κ2) is 5.88. The molecule has 18 heavy (non-hydrogen) atoms. The lowest BCUT2D eigenvalue weighted by molar-refractivity contribution is 0.0959. The lowest BCUT2D eigenvalue weighted by Gasteiger charge is -1.98. The summed E-state index contributed by atoms with van der Waals surface area (Å²) in [6.07, 6.45) is 1.27. The fourth-order valence-corrected chi connectivity index (χ4v) is 2.23. The van der Waals surface area contributed by atoms with Crippen LogP contribution < -0.4 is 5.43 Å². The van der Waals surface area contributed by atoms with Gasteiger partial charge < -0.3 is 0 Å². The van der Waals surface area contributed by atoms with Crippen LogP contribution in [0.25, 0.3) is 0 Å². The summed E-state index contributed by atoms with van der Waals surface area (Å²) in [6.45, 7) is 0. The zero-order valence-electron chi connectivity index (χ0n) is 9.06. The molecule has 0 aliphatic rings. The Balaban J connectivity index is 2.03. The average Bonchev–Trinajstić information content (AvgIpc) is 2.87. The summed E-state index contributed by atoms with van der Waals surface area (Å²) in [5, 5.41) is 5.52. The third kappa shape index (κ3) is 3.24. The van der Waals surface area contributed by atoms with Crippen molar-refractivity contribution in [2.24, 2.45) is 5.10 Å². The van der Waals surface area contributed by atoms with Crippen molar-refractivity contribution in [1.29, 1.82) is 0 Å². The summed E-state index contributed by atoms with van der Waals surface area (Å²) in [5.74, 6) is -0.705. The van der Waals surface area contributed by atoms with Crippen molar-refractivity contribution in [3.8, 4) is 0 Å². The Bertz CT molecular complexity index is 584. The van der Waals surface area contributed by atoms with Gasteiger partial charge in [-0.05, 0) is 29.6 Å². The molecule has 0 saturated carbocycles. The molecular formula is C12H8BrFN2OS. The molecule has 3 nitrogen and oxygen atoms in total. The predicted octanol–water partition coefficient (Wildman–Crippen LogP) is 3.41. The van der Waals surface area contributed by atoms with Crippen LogP contribution in [-0.4, -0.2) is 12.1 Å². The van der Waals surface area contributed by atoms with E-state index in [0.29, 0.717) is 10.4 Å². The zero-order valence-corrected chi connectivity index (χ0v) is 11.5. The van der Waals surface area contributed by atoms with E-state index in [1.165, 1.54) is 23.6 Å². The Morgan fingerprint density at radius 3 is 3.00 bits per heavy atom. The number of hydrogen-bond acceptors (Lipinski definition) is 3. The van der Waals surface area contributed by atoms with Crippen LogP contribution >= 0.6 is 27.3 Å². The maximum Gasteiger partial charge on any atom is 0.281 e. The number of nitrogens with zero attached hydrogens (tertiary/aromatic N) is 1. The van der Waals surface area contributed by atoms with Gasteiger partial charge in [-0.3, -0.25) is 4.79 Å². The molecule has 0 radical (unpaired) electrons. The maximum absolute atomic E-state index is 13.3. The Morgan fingerprint density at radius 1 is 1.44 bits per heavy atom. The molecule has 2 aromatic rings. The third-order valence-corrected chi connectivity index (χ3v) is 3.43. The fraction of sp³-hybridized carbons (Fsp3) is 0. The van der Waals surface area contributed by atoms with E-state index in [4.69, 9.17) is 0 Å². The topological polar surface area (TPSA) is 41.5 Å². The molecule has 1 N–H and O–H groups in total. The Morgan fingerprint density at radius 2 is 2.28 bits per heavy atom. The van der Waals surface area contributed by atoms with Gasteiger partial charge in [0.15, 0.2) is 0 Å². The van der Waals surface area contributed by atoms with Gasteiger partial charge in [-0.1, -0.05) is 22.0 Å². The van der Waals surface area contributed by atoms with Gasteiger partial charge in [0.25, 0.3) is 5.91 Å². The van der Waals surface area contributed by atoms with Gasteiger partial charge >= 0.3 is 0 Å². The summed E-state index contributed by atoms with van der Waals surface area (Å²) >= 11 is 4.55. The number of rotatable bonds is 3. The molecule has 1 heterocycles. The molecule has 0 aliphatic carbocycles. The molecule has 1 aromatic carbocycles. The van der Waals surface area contributed by atoms with Crippen LogP contribution in [0.4, 0.5) is 4.39 Å². The van der Waals surface area contributed by atoms with Gasteiger partial charge in [0, 0.05) is 10.0 Å². The molecule has 0 atom stereocenters. The van der Waals surface area contributed by atoms with Gasteiger partial charge in [0.05, 0.1) is 11.1 Å². The lowest BCUT2D eigenvalue weighted by Crippen LogP contribution is -2.16. The van der Waals surface area contributed by atoms with E-state index in [-0.39, 0.29) is 5.91 Å². The van der Waals surface area contributed by atoms with Crippen LogP contribution in [0.5, 0.6) is 0 Å². The molecule has 0 bridgehead atoms. The van der Waals surface area contributed by atoms with Crippen molar-refractivity contribution in [1.82, 2.24) is 5.43 Å². The van der Waals surface area contributed by atoms with Crippen LogP contribution in [0.2, 0.25) is 0 Å². The van der Waals surface area contributed by atoms with Crippen molar-refractivity contribution >= 4 is 39.4 Å². The van der Waals surface area contributed by atoms with E-state index >= 15 is 0 Å². The second-order valence-electron chi connectivity index (χ2n) is 3.34.